The maximum absolute atomic E-state index is 12.3. The summed E-state index contributed by atoms with van der Waals surface area (Å²) in [6.07, 6.45) is 15.6. The van der Waals surface area contributed by atoms with Crippen LogP contribution in [0.2, 0.25) is 0 Å². The average Bonchev–Trinajstić information content (AvgIpc) is 3.13. The predicted octanol–water partition coefficient (Wildman–Crippen LogP) is 7.03. The Kier molecular flexibility index (Phi) is 7.62. The fourth-order valence-corrected chi connectivity index (χ4v) is 5.65. The third kappa shape index (κ3) is 5.87. The van der Waals surface area contributed by atoms with Gasteiger partial charge in [-0.05, 0) is 61.8 Å². The van der Waals surface area contributed by atoms with Gasteiger partial charge >= 0.3 is 6.16 Å². The van der Waals surface area contributed by atoms with Gasteiger partial charge in [-0.2, -0.15) is 0 Å². The van der Waals surface area contributed by atoms with E-state index in [4.69, 9.17) is 18.9 Å². The fourth-order valence-electron chi connectivity index (χ4n) is 5.65. The van der Waals surface area contributed by atoms with Crippen molar-refractivity contribution in [1.29, 1.82) is 0 Å². The molecule has 1 aliphatic heterocycles. The summed E-state index contributed by atoms with van der Waals surface area (Å²) in [5.41, 5.74) is -0.689. The molecule has 3 fully saturated rings. The van der Waals surface area contributed by atoms with Crippen LogP contribution in [0, 0.1) is 11.8 Å². The Labute approximate surface area is 186 Å². The van der Waals surface area contributed by atoms with Gasteiger partial charge in [0.1, 0.15) is 11.5 Å². The highest BCUT2D eigenvalue weighted by molar-refractivity contribution is 5.63. The predicted molar refractivity (Wildman–Crippen MR) is 119 cm³/mol. The van der Waals surface area contributed by atoms with Gasteiger partial charge in [-0.25, -0.2) is 4.79 Å². The van der Waals surface area contributed by atoms with Crippen molar-refractivity contribution in [2.45, 2.75) is 102 Å². The van der Waals surface area contributed by atoms with Gasteiger partial charge in [-0.1, -0.05) is 64.2 Å². The molecule has 2 saturated carbocycles. The first-order valence-corrected chi connectivity index (χ1v) is 12.4. The molecule has 1 atom stereocenters. The van der Waals surface area contributed by atoms with E-state index in [2.05, 4.69) is 0 Å². The topological polar surface area (TPSA) is 54.0 Å². The zero-order valence-electron chi connectivity index (χ0n) is 19.0. The van der Waals surface area contributed by atoms with Crippen molar-refractivity contribution in [2.24, 2.45) is 11.8 Å². The number of ether oxygens (including phenoxy) is 4. The lowest BCUT2D eigenvalue weighted by Gasteiger charge is -2.34. The molecule has 31 heavy (non-hydrogen) atoms. The SMILES string of the molecule is COc1ccc(OC2OC(=O)OC2(CCC2CCCCC2)CCC2CCCCC2)cc1. The number of carbonyl (C=O) groups excluding carboxylic acids is 1. The van der Waals surface area contributed by atoms with Gasteiger partial charge in [0.15, 0.2) is 5.60 Å². The zero-order valence-corrected chi connectivity index (χ0v) is 19.0. The molecule has 172 valence electrons. The average molecular weight is 431 g/mol. The number of methoxy groups -OCH3 is 1. The second kappa shape index (κ2) is 10.6. The van der Waals surface area contributed by atoms with E-state index in [1.165, 1.54) is 64.2 Å². The third-order valence-corrected chi connectivity index (χ3v) is 7.62. The number of hydrogen-bond donors (Lipinski definition) is 0. The number of hydrogen-bond acceptors (Lipinski definition) is 5. The van der Waals surface area contributed by atoms with Gasteiger partial charge < -0.3 is 18.9 Å². The van der Waals surface area contributed by atoms with E-state index in [0.29, 0.717) is 5.75 Å². The van der Waals surface area contributed by atoms with Crippen LogP contribution in [0.5, 0.6) is 11.5 Å². The molecule has 3 aliphatic rings. The standard InChI is InChI=1S/C26H38O5/c1-28-22-12-14-23(15-13-22)29-24-26(31-25(27)30-24,18-16-20-8-4-2-5-9-20)19-17-21-10-6-3-7-11-21/h12-15,20-21,24H,2-11,16-19H2,1H3. The van der Waals surface area contributed by atoms with E-state index in [-0.39, 0.29) is 0 Å². The summed E-state index contributed by atoms with van der Waals surface area (Å²) < 4.78 is 23.0. The smallest absolute Gasteiger partial charge is 0.497 e. The minimum absolute atomic E-state index is 0.592. The molecule has 2 aliphatic carbocycles. The molecule has 1 unspecified atom stereocenters. The van der Waals surface area contributed by atoms with Crippen LogP contribution in [-0.2, 0) is 9.47 Å². The summed E-state index contributed by atoms with van der Waals surface area (Å²) in [4.78, 5) is 12.3. The largest absolute Gasteiger partial charge is 0.512 e. The van der Waals surface area contributed by atoms with E-state index < -0.39 is 18.0 Å². The second-order valence-corrected chi connectivity index (χ2v) is 9.75. The quantitative estimate of drug-likeness (QED) is 0.394. The van der Waals surface area contributed by atoms with Crippen LogP contribution in [0.3, 0.4) is 0 Å². The Bertz CT molecular complexity index is 666. The van der Waals surface area contributed by atoms with Crippen LogP contribution in [0.15, 0.2) is 24.3 Å². The van der Waals surface area contributed by atoms with E-state index in [1.807, 2.05) is 24.3 Å². The number of cyclic esters (lactones) is 2. The summed E-state index contributed by atoms with van der Waals surface area (Å²) in [6.45, 7) is 0. The Morgan fingerprint density at radius 2 is 1.35 bits per heavy atom. The van der Waals surface area contributed by atoms with E-state index in [9.17, 15) is 4.79 Å². The van der Waals surface area contributed by atoms with Gasteiger partial charge in [0.2, 0.25) is 0 Å². The van der Waals surface area contributed by atoms with Crippen LogP contribution in [-0.4, -0.2) is 25.2 Å². The monoisotopic (exact) mass is 430 g/mol. The summed E-state index contributed by atoms with van der Waals surface area (Å²) in [5, 5.41) is 0. The molecule has 1 saturated heterocycles. The van der Waals surface area contributed by atoms with Crippen molar-refractivity contribution in [3.63, 3.8) is 0 Å². The number of benzene rings is 1. The van der Waals surface area contributed by atoms with Crippen LogP contribution in [0.25, 0.3) is 0 Å². The molecule has 1 aromatic carbocycles. The lowest BCUT2D eigenvalue weighted by atomic mass is 9.78. The third-order valence-electron chi connectivity index (χ3n) is 7.62. The molecule has 0 aromatic heterocycles. The molecule has 1 heterocycles. The highest BCUT2D eigenvalue weighted by Crippen LogP contribution is 2.42. The van der Waals surface area contributed by atoms with Gasteiger partial charge in [0.05, 0.1) is 7.11 Å². The van der Waals surface area contributed by atoms with Gasteiger partial charge in [0, 0.05) is 0 Å². The van der Waals surface area contributed by atoms with Crippen LogP contribution in [0.4, 0.5) is 4.79 Å². The normalized spacial score (nSPS) is 24.4. The summed E-state index contributed by atoms with van der Waals surface area (Å²) in [7, 11) is 1.64. The van der Waals surface area contributed by atoms with Crippen molar-refractivity contribution in [2.75, 3.05) is 7.11 Å². The zero-order chi connectivity index (χ0) is 21.5. The molecule has 0 amide bonds. The summed E-state index contributed by atoms with van der Waals surface area (Å²) >= 11 is 0. The molecule has 0 spiro atoms. The second-order valence-electron chi connectivity index (χ2n) is 9.75. The van der Waals surface area contributed by atoms with E-state index in [0.717, 1.165) is 43.3 Å². The molecule has 4 rings (SSSR count). The van der Waals surface area contributed by atoms with Crippen molar-refractivity contribution in [1.82, 2.24) is 0 Å². The molecule has 0 bridgehead atoms. The molecular formula is C26H38O5. The molecule has 0 radical (unpaired) electrons. The summed E-state index contributed by atoms with van der Waals surface area (Å²) in [6, 6.07) is 7.44. The van der Waals surface area contributed by atoms with Crippen LogP contribution < -0.4 is 9.47 Å². The fraction of sp³-hybridized carbons (Fsp3) is 0.731. The Balaban J connectivity index is 1.47. The van der Waals surface area contributed by atoms with Gasteiger partial charge in [-0.15, -0.1) is 0 Å². The lowest BCUT2D eigenvalue weighted by molar-refractivity contribution is -0.0955. The van der Waals surface area contributed by atoms with Crippen molar-refractivity contribution >= 4 is 6.16 Å². The maximum atomic E-state index is 12.3. The minimum atomic E-state index is -0.694. The maximum Gasteiger partial charge on any atom is 0.512 e. The highest BCUT2D eigenvalue weighted by Gasteiger charge is 2.53. The molecule has 0 N–H and O–H groups in total. The first-order valence-electron chi connectivity index (χ1n) is 12.4. The van der Waals surface area contributed by atoms with E-state index >= 15 is 0 Å². The van der Waals surface area contributed by atoms with Crippen LogP contribution >= 0.6 is 0 Å². The Morgan fingerprint density at radius 1 is 0.839 bits per heavy atom. The van der Waals surface area contributed by atoms with Gasteiger partial charge in [-0.3, -0.25) is 0 Å². The van der Waals surface area contributed by atoms with Gasteiger partial charge in [0.25, 0.3) is 6.29 Å². The molecule has 1 aromatic rings. The highest BCUT2D eigenvalue weighted by atomic mass is 16.8. The minimum Gasteiger partial charge on any atom is -0.497 e. The summed E-state index contributed by atoms with van der Waals surface area (Å²) in [5.74, 6) is 2.89. The molecule has 5 heteroatoms. The number of carbonyl (C=O) groups is 1. The van der Waals surface area contributed by atoms with Crippen molar-refractivity contribution < 1.29 is 23.7 Å². The first-order chi connectivity index (χ1) is 15.2. The number of rotatable bonds is 9. The Hall–Kier alpha value is -1.91. The molecular weight excluding hydrogens is 392 g/mol. The van der Waals surface area contributed by atoms with E-state index in [1.54, 1.807) is 7.11 Å². The molecule has 5 nitrogen and oxygen atoms in total. The van der Waals surface area contributed by atoms with Crippen molar-refractivity contribution in [3.05, 3.63) is 24.3 Å². The first kappa shape index (κ1) is 22.3. The van der Waals surface area contributed by atoms with Crippen molar-refractivity contribution in [3.8, 4) is 11.5 Å². The Morgan fingerprint density at radius 3 is 1.87 bits per heavy atom. The lowest BCUT2D eigenvalue weighted by Crippen LogP contribution is -2.44. The van der Waals surface area contributed by atoms with Crippen LogP contribution in [0.1, 0.15) is 89.9 Å².